The van der Waals surface area contributed by atoms with Gasteiger partial charge in [0, 0.05) is 30.1 Å². The molecule has 1 heterocycles. The maximum absolute atomic E-state index is 13.9. The molecule has 3 nitrogen and oxygen atoms in total. The Balaban J connectivity index is 2.14. The number of hydrogen-bond acceptors (Lipinski definition) is 2. The van der Waals surface area contributed by atoms with Gasteiger partial charge in [-0.2, -0.15) is 0 Å². The van der Waals surface area contributed by atoms with Crippen molar-refractivity contribution in [2.24, 2.45) is 0 Å². The van der Waals surface area contributed by atoms with Crippen LogP contribution in [0.25, 0.3) is 0 Å². The molecule has 0 atom stereocenters. The van der Waals surface area contributed by atoms with E-state index in [4.69, 9.17) is 4.74 Å². The predicted molar refractivity (Wildman–Crippen MR) is 73.9 cm³/mol. The fourth-order valence-corrected chi connectivity index (χ4v) is 1.98. The lowest BCUT2D eigenvalue weighted by Crippen LogP contribution is -2.15. The zero-order valence-corrected chi connectivity index (χ0v) is 11.3. The van der Waals surface area contributed by atoms with Crippen LogP contribution in [0.5, 0.6) is 5.75 Å². The van der Waals surface area contributed by atoms with Crippen molar-refractivity contribution in [1.82, 2.24) is 9.88 Å². The minimum absolute atomic E-state index is 0.234. The summed E-state index contributed by atoms with van der Waals surface area (Å²) in [5.41, 5.74) is 1.81. The lowest BCUT2D eigenvalue weighted by molar-refractivity contribution is 0.410. The molecule has 0 aliphatic heterocycles. The zero-order chi connectivity index (χ0) is 13.7. The second kappa shape index (κ2) is 6.38. The molecule has 0 amide bonds. The number of halogens is 1. The van der Waals surface area contributed by atoms with Gasteiger partial charge in [0.15, 0.2) is 0 Å². The van der Waals surface area contributed by atoms with Gasteiger partial charge >= 0.3 is 0 Å². The number of nitrogens with one attached hydrogen (secondary N) is 1. The standard InChI is InChI=1S/C15H19FN2O/c1-3-17-10-13-5-4-8-18(13)11-12-6-7-14(19-2)9-15(12)16/h4-9,17H,3,10-11H2,1-2H3. The summed E-state index contributed by atoms with van der Waals surface area (Å²) in [6.07, 6.45) is 1.97. The number of rotatable bonds is 6. The van der Waals surface area contributed by atoms with Crippen LogP contribution in [-0.4, -0.2) is 18.2 Å². The minimum atomic E-state index is -0.234. The Hall–Kier alpha value is -1.81. The molecule has 102 valence electrons. The molecular weight excluding hydrogens is 243 g/mol. The highest BCUT2D eigenvalue weighted by molar-refractivity contribution is 5.29. The molecule has 4 heteroatoms. The van der Waals surface area contributed by atoms with Crippen LogP contribution in [0.15, 0.2) is 36.5 Å². The van der Waals surface area contributed by atoms with Crippen LogP contribution in [0.1, 0.15) is 18.2 Å². The van der Waals surface area contributed by atoms with Crippen molar-refractivity contribution in [3.05, 3.63) is 53.6 Å². The molecule has 0 spiro atoms. The van der Waals surface area contributed by atoms with Crippen molar-refractivity contribution in [2.75, 3.05) is 13.7 Å². The summed E-state index contributed by atoms with van der Waals surface area (Å²) in [5, 5.41) is 3.28. The first-order chi connectivity index (χ1) is 9.24. The molecule has 0 unspecified atom stereocenters. The second-order valence-electron chi connectivity index (χ2n) is 4.37. The van der Waals surface area contributed by atoms with Crippen molar-refractivity contribution in [1.29, 1.82) is 0 Å². The van der Waals surface area contributed by atoms with E-state index in [-0.39, 0.29) is 5.82 Å². The van der Waals surface area contributed by atoms with E-state index < -0.39 is 0 Å². The van der Waals surface area contributed by atoms with Gasteiger partial charge in [0.25, 0.3) is 0 Å². The molecule has 0 saturated heterocycles. The lowest BCUT2D eigenvalue weighted by Gasteiger charge is -2.11. The molecular formula is C15H19FN2O. The molecule has 1 N–H and O–H groups in total. The number of benzene rings is 1. The third-order valence-electron chi connectivity index (χ3n) is 3.08. The predicted octanol–water partition coefficient (Wildman–Crippen LogP) is 2.79. The summed E-state index contributed by atoms with van der Waals surface area (Å²) in [6, 6.07) is 9.00. The number of ether oxygens (including phenoxy) is 1. The van der Waals surface area contributed by atoms with Gasteiger partial charge in [-0.15, -0.1) is 0 Å². The summed E-state index contributed by atoms with van der Waals surface area (Å²) < 4.78 is 21.0. The molecule has 1 aromatic heterocycles. The number of hydrogen-bond donors (Lipinski definition) is 1. The fraction of sp³-hybridized carbons (Fsp3) is 0.333. The normalized spacial score (nSPS) is 10.7. The maximum Gasteiger partial charge on any atom is 0.131 e. The number of methoxy groups -OCH3 is 1. The van der Waals surface area contributed by atoms with Gasteiger partial charge in [0.1, 0.15) is 11.6 Å². The van der Waals surface area contributed by atoms with Crippen LogP contribution in [-0.2, 0) is 13.1 Å². The van der Waals surface area contributed by atoms with Gasteiger partial charge in [-0.05, 0) is 24.7 Å². The summed E-state index contributed by atoms with van der Waals surface area (Å²) in [4.78, 5) is 0. The van der Waals surface area contributed by atoms with Crippen molar-refractivity contribution in [2.45, 2.75) is 20.0 Å². The van der Waals surface area contributed by atoms with E-state index in [0.717, 1.165) is 18.8 Å². The van der Waals surface area contributed by atoms with Gasteiger partial charge < -0.3 is 14.6 Å². The van der Waals surface area contributed by atoms with Crippen molar-refractivity contribution in [3.63, 3.8) is 0 Å². The van der Waals surface area contributed by atoms with Gasteiger partial charge in [-0.3, -0.25) is 0 Å². The first-order valence-electron chi connectivity index (χ1n) is 6.41. The first-order valence-corrected chi connectivity index (χ1v) is 6.41. The summed E-state index contributed by atoms with van der Waals surface area (Å²) >= 11 is 0. The largest absolute Gasteiger partial charge is 0.497 e. The van der Waals surface area contributed by atoms with E-state index in [9.17, 15) is 4.39 Å². The van der Waals surface area contributed by atoms with E-state index in [1.807, 2.05) is 22.9 Å². The first kappa shape index (κ1) is 13.6. The van der Waals surface area contributed by atoms with Crippen LogP contribution >= 0.6 is 0 Å². The Bertz CT molecular complexity index is 537. The molecule has 0 saturated carbocycles. The van der Waals surface area contributed by atoms with Crippen LogP contribution in [0.4, 0.5) is 4.39 Å². The van der Waals surface area contributed by atoms with Crippen molar-refractivity contribution < 1.29 is 9.13 Å². The Labute approximate surface area is 113 Å². The minimum Gasteiger partial charge on any atom is -0.497 e. The Morgan fingerprint density at radius 1 is 1.32 bits per heavy atom. The second-order valence-corrected chi connectivity index (χ2v) is 4.37. The molecule has 0 fully saturated rings. The van der Waals surface area contributed by atoms with Gasteiger partial charge in [-0.25, -0.2) is 4.39 Å². The smallest absolute Gasteiger partial charge is 0.131 e. The Kier molecular flexibility index (Phi) is 4.58. The molecule has 0 aliphatic rings. The van der Waals surface area contributed by atoms with Crippen LogP contribution in [0.2, 0.25) is 0 Å². The van der Waals surface area contributed by atoms with Crippen molar-refractivity contribution >= 4 is 0 Å². The van der Waals surface area contributed by atoms with E-state index in [1.54, 1.807) is 12.1 Å². The van der Waals surface area contributed by atoms with Crippen LogP contribution < -0.4 is 10.1 Å². The fourth-order valence-electron chi connectivity index (χ4n) is 1.98. The highest BCUT2D eigenvalue weighted by Gasteiger charge is 2.07. The number of nitrogens with zero attached hydrogens (tertiary/aromatic N) is 1. The molecule has 19 heavy (non-hydrogen) atoms. The van der Waals surface area contributed by atoms with Crippen LogP contribution in [0.3, 0.4) is 0 Å². The van der Waals surface area contributed by atoms with E-state index in [0.29, 0.717) is 17.9 Å². The Morgan fingerprint density at radius 3 is 2.84 bits per heavy atom. The SMILES string of the molecule is CCNCc1cccn1Cc1ccc(OC)cc1F. The number of aromatic nitrogens is 1. The highest BCUT2D eigenvalue weighted by atomic mass is 19.1. The van der Waals surface area contributed by atoms with E-state index in [1.165, 1.54) is 13.2 Å². The average molecular weight is 262 g/mol. The summed E-state index contributed by atoms with van der Waals surface area (Å²) in [5.74, 6) is 0.309. The van der Waals surface area contributed by atoms with Gasteiger partial charge in [-0.1, -0.05) is 13.0 Å². The van der Waals surface area contributed by atoms with E-state index in [2.05, 4.69) is 12.2 Å². The summed E-state index contributed by atoms with van der Waals surface area (Å²) in [6.45, 7) is 4.31. The van der Waals surface area contributed by atoms with Crippen molar-refractivity contribution in [3.8, 4) is 5.75 Å². The lowest BCUT2D eigenvalue weighted by atomic mass is 10.2. The third-order valence-corrected chi connectivity index (χ3v) is 3.08. The third kappa shape index (κ3) is 3.35. The van der Waals surface area contributed by atoms with Crippen LogP contribution in [0, 0.1) is 5.82 Å². The summed E-state index contributed by atoms with van der Waals surface area (Å²) in [7, 11) is 1.54. The van der Waals surface area contributed by atoms with Gasteiger partial charge in [0.2, 0.25) is 0 Å². The highest BCUT2D eigenvalue weighted by Crippen LogP contribution is 2.18. The monoisotopic (exact) mass is 262 g/mol. The Morgan fingerprint density at radius 2 is 2.16 bits per heavy atom. The van der Waals surface area contributed by atoms with Gasteiger partial charge in [0.05, 0.1) is 13.7 Å². The molecule has 1 aromatic carbocycles. The maximum atomic E-state index is 13.9. The topological polar surface area (TPSA) is 26.2 Å². The van der Waals surface area contributed by atoms with E-state index >= 15 is 0 Å². The molecule has 2 rings (SSSR count). The molecule has 2 aromatic rings. The molecule has 0 aliphatic carbocycles. The molecule has 0 radical (unpaired) electrons. The molecule has 0 bridgehead atoms. The average Bonchev–Trinajstić information content (AvgIpc) is 2.86. The quantitative estimate of drug-likeness (QED) is 0.866. The zero-order valence-electron chi connectivity index (χ0n) is 11.3.